The maximum absolute atomic E-state index is 10.6. The van der Waals surface area contributed by atoms with E-state index in [1.54, 1.807) is 30.3 Å². The van der Waals surface area contributed by atoms with E-state index < -0.39 is 23.6 Å². The molecule has 2 aromatic rings. The van der Waals surface area contributed by atoms with E-state index in [4.69, 9.17) is 20.4 Å². The van der Waals surface area contributed by atoms with Crippen molar-refractivity contribution in [2.45, 2.75) is 18.6 Å². The van der Waals surface area contributed by atoms with Crippen LogP contribution in [0.15, 0.2) is 54.6 Å². The highest BCUT2D eigenvalue weighted by Gasteiger charge is 2.31. The zero-order valence-corrected chi connectivity index (χ0v) is 12.8. The molecule has 0 radical (unpaired) electrons. The van der Waals surface area contributed by atoms with Crippen molar-refractivity contribution >= 4 is 11.9 Å². The molecule has 0 aliphatic heterocycles. The fraction of sp³-hybridized carbons (Fsp3) is 0.176. The van der Waals surface area contributed by atoms with Gasteiger partial charge in [0.2, 0.25) is 0 Å². The van der Waals surface area contributed by atoms with Gasteiger partial charge in [0.05, 0.1) is 0 Å². The summed E-state index contributed by atoms with van der Waals surface area (Å²) in [7, 11) is 0. The van der Waals surface area contributed by atoms with E-state index in [1.165, 1.54) is 31.2 Å². The van der Waals surface area contributed by atoms with Gasteiger partial charge in [0, 0.05) is 0 Å². The molecule has 0 aliphatic rings. The summed E-state index contributed by atoms with van der Waals surface area (Å²) in [4.78, 5) is 20.8. The number of aromatic hydroxyl groups is 1. The zero-order valence-electron chi connectivity index (χ0n) is 12.8. The second kappa shape index (κ2) is 8.09. The number of aliphatic carboxylic acids is 2. The Kier molecular flexibility index (Phi) is 6.46. The van der Waals surface area contributed by atoms with E-state index in [0.717, 1.165) is 0 Å². The second-order valence-electron chi connectivity index (χ2n) is 5.08. The van der Waals surface area contributed by atoms with E-state index in [0.29, 0.717) is 5.56 Å². The van der Waals surface area contributed by atoms with Crippen LogP contribution < -0.4 is 0 Å². The van der Waals surface area contributed by atoms with Crippen LogP contribution in [-0.4, -0.2) is 37.5 Å². The van der Waals surface area contributed by atoms with Crippen LogP contribution in [-0.2, 0) is 15.2 Å². The predicted octanol–water partition coefficient (Wildman–Crippen LogP) is 1.49. The van der Waals surface area contributed by atoms with Gasteiger partial charge in [0.15, 0.2) is 11.7 Å². The third-order valence-electron chi connectivity index (χ3n) is 3.20. The molecule has 7 nitrogen and oxygen atoms in total. The highest BCUT2D eigenvalue weighted by Crippen LogP contribution is 2.19. The first-order chi connectivity index (χ1) is 11.2. The topological polar surface area (TPSA) is 135 Å². The number of carboxylic acid groups (broad SMARTS) is 2. The minimum Gasteiger partial charge on any atom is -0.508 e. The molecular formula is C17H18O7. The molecule has 2 aromatic carbocycles. The molecule has 0 bridgehead atoms. The summed E-state index contributed by atoms with van der Waals surface area (Å²) in [5, 5.41) is 44.4. The van der Waals surface area contributed by atoms with Gasteiger partial charge in [-0.05, 0) is 30.2 Å². The number of carboxylic acids is 2. The lowest BCUT2D eigenvalue weighted by molar-refractivity contribution is -0.157. The van der Waals surface area contributed by atoms with Crippen molar-refractivity contribution in [2.75, 3.05) is 0 Å². The van der Waals surface area contributed by atoms with Crippen LogP contribution in [0.2, 0.25) is 0 Å². The Labute approximate surface area is 138 Å². The van der Waals surface area contributed by atoms with Crippen molar-refractivity contribution in [2.24, 2.45) is 0 Å². The quantitative estimate of drug-likeness (QED) is 0.571. The summed E-state index contributed by atoms with van der Waals surface area (Å²) >= 11 is 0. The fourth-order valence-corrected chi connectivity index (χ4v) is 1.69. The van der Waals surface area contributed by atoms with Crippen LogP contribution in [0.5, 0.6) is 5.75 Å². The molecule has 0 aliphatic carbocycles. The first-order valence-electron chi connectivity index (χ1n) is 6.87. The second-order valence-corrected chi connectivity index (χ2v) is 5.08. The maximum Gasteiger partial charge on any atom is 0.340 e. The number of hydrogen-bond acceptors (Lipinski definition) is 5. The minimum absolute atomic E-state index is 0.0383. The van der Waals surface area contributed by atoms with Gasteiger partial charge in [-0.3, -0.25) is 0 Å². The van der Waals surface area contributed by atoms with Gasteiger partial charge in [-0.2, -0.15) is 0 Å². The molecule has 2 unspecified atom stereocenters. The predicted molar refractivity (Wildman–Crippen MR) is 84.4 cm³/mol. The summed E-state index contributed by atoms with van der Waals surface area (Å²) in [5.74, 6) is -2.51. The van der Waals surface area contributed by atoms with Gasteiger partial charge in [-0.25, -0.2) is 9.59 Å². The first-order valence-corrected chi connectivity index (χ1v) is 6.87. The van der Waals surface area contributed by atoms with E-state index in [-0.39, 0.29) is 11.3 Å². The molecule has 24 heavy (non-hydrogen) atoms. The number of benzene rings is 2. The van der Waals surface area contributed by atoms with Gasteiger partial charge in [0.25, 0.3) is 0 Å². The van der Waals surface area contributed by atoms with Gasteiger partial charge in [-0.1, -0.05) is 42.5 Å². The Bertz CT molecular complexity index is 678. The van der Waals surface area contributed by atoms with Crippen molar-refractivity contribution in [1.29, 1.82) is 0 Å². The largest absolute Gasteiger partial charge is 0.508 e. The standard InChI is InChI=1S/C9H10O3.C8H8O4/c1-9(12,8(10)11)7-5-3-2-4-6-7;9-6-3-1-5(2-4-6)7(10)8(11)12/h2-6,12H,1H3,(H,10,11);1-4,7,9-10H,(H,11,12). The average molecular weight is 334 g/mol. The maximum atomic E-state index is 10.6. The molecule has 0 amide bonds. The number of hydrogen-bond donors (Lipinski definition) is 5. The van der Waals surface area contributed by atoms with Crippen LogP contribution >= 0.6 is 0 Å². The Morgan fingerprint density at radius 3 is 1.88 bits per heavy atom. The highest BCUT2D eigenvalue weighted by atomic mass is 16.4. The lowest BCUT2D eigenvalue weighted by atomic mass is 9.97. The first kappa shape index (κ1) is 19.1. The minimum atomic E-state index is -1.79. The summed E-state index contributed by atoms with van der Waals surface area (Å²) in [6.07, 6.45) is -1.52. The van der Waals surface area contributed by atoms with Crippen molar-refractivity contribution < 1.29 is 35.1 Å². The molecule has 2 rings (SSSR count). The fourth-order valence-electron chi connectivity index (χ4n) is 1.69. The Hall–Kier alpha value is -2.90. The van der Waals surface area contributed by atoms with Crippen LogP contribution in [0.1, 0.15) is 24.2 Å². The number of carbonyl (C=O) groups is 2. The molecule has 0 saturated heterocycles. The van der Waals surface area contributed by atoms with Crippen molar-refractivity contribution in [3.63, 3.8) is 0 Å². The lowest BCUT2D eigenvalue weighted by Crippen LogP contribution is -2.31. The third kappa shape index (κ3) is 5.08. The Morgan fingerprint density at radius 1 is 0.958 bits per heavy atom. The number of phenolic OH excluding ortho intramolecular Hbond substituents is 1. The van der Waals surface area contributed by atoms with Crippen LogP contribution in [0.4, 0.5) is 0 Å². The van der Waals surface area contributed by atoms with Gasteiger partial charge < -0.3 is 25.5 Å². The molecule has 128 valence electrons. The molecule has 0 saturated carbocycles. The van der Waals surface area contributed by atoms with E-state index in [9.17, 15) is 14.7 Å². The van der Waals surface area contributed by atoms with Crippen LogP contribution in [0.25, 0.3) is 0 Å². The van der Waals surface area contributed by atoms with Crippen LogP contribution in [0.3, 0.4) is 0 Å². The van der Waals surface area contributed by atoms with E-state index in [1.807, 2.05) is 0 Å². The Morgan fingerprint density at radius 2 is 1.46 bits per heavy atom. The monoisotopic (exact) mass is 334 g/mol. The lowest BCUT2D eigenvalue weighted by Gasteiger charge is -2.17. The summed E-state index contributed by atoms with van der Waals surface area (Å²) in [5.41, 5.74) is -1.15. The number of aliphatic hydroxyl groups is 2. The van der Waals surface area contributed by atoms with E-state index >= 15 is 0 Å². The molecule has 0 spiro atoms. The molecular weight excluding hydrogens is 316 g/mol. The summed E-state index contributed by atoms with van der Waals surface area (Å²) < 4.78 is 0. The molecule has 5 N–H and O–H groups in total. The summed E-state index contributed by atoms with van der Waals surface area (Å²) in [6.45, 7) is 1.25. The zero-order chi connectivity index (χ0) is 18.3. The average Bonchev–Trinajstić information content (AvgIpc) is 2.56. The Balaban J connectivity index is 0.000000240. The number of phenols is 1. The van der Waals surface area contributed by atoms with Gasteiger partial charge >= 0.3 is 11.9 Å². The molecule has 7 heteroatoms. The van der Waals surface area contributed by atoms with Gasteiger partial charge in [0.1, 0.15) is 5.75 Å². The molecule has 0 fully saturated rings. The highest BCUT2D eigenvalue weighted by molar-refractivity contribution is 5.78. The number of rotatable bonds is 4. The molecule has 0 aromatic heterocycles. The van der Waals surface area contributed by atoms with Gasteiger partial charge in [-0.15, -0.1) is 0 Å². The summed E-state index contributed by atoms with van der Waals surface area (Å²) in [6, 6.07) is 13.6. The normalized spacial score (nSPS) is 13.8. The molecule has 2 atom stereocenters. The van der Waals surface area contributed by atoms with Crippen molar-refractivity contribution in [1.82, 2.24) is 0 Å². The SMILES string of the molecule is CC(O)(C(=O)O)c1ccccc1.O=C(O)C(O)c1ccc(O)cc1. The van der Waals surface area contributed by atoms with Crippen LogP contribution in [0, 0.1) is 0 Å². The van der Waals surface area contributed by atoms with E-state index in [2.05, 4.69) is 0 Å². The number of aliphatic hydroxyl groups excluding tert-OH is 1. The molecule has 0 heterocycles. The van der Waals surface area contributed by atoms with Crippen molar-refractivity contribution in [3.8, 4) is 5.75 Å². The third-order valence-corrected chi connectivity index (χ3v) is 3.20. The van der Waals surface area contributed by atoms with Crippen molar-refractivity contribution in [3.05, 3.63) is 65.7 Å². The smallest absolute Gasteiger partial charge is 0.340 e.